The highest BCUT2D eigenvalue weighted by molar-refractivity contribution is 5.72. The van der Waals surface area contributed by atoms with Crippen LogP contribution in [-0.2, 0) is 4.79 Å². The minimum Gasteiger partial charge on any atom is -0.402 e. The first-order valence-corrected chi connectivity index (χ1v) is 13.3. The number of allylic oxidation sites excluding steroid dienone is 1. The van der Waals surface area contributed by atoms with Gasteiger partial charge in [0.05, 0.1) is 5.69 Å². The predicted octanol–water partition coefficient (Wildman–Crippen LogP) is 5.35. The van der Waals surface area contributed by atoms with Crippen LogP contribution < -0.4 is 11.1 Å². The Kier molecular flexibility index (Phi) is 17.8. The Morgan fingerprint density at radius 2 is 1.59 bits per heavy atom. The molecule has 0 amide bonds. The molecule has 1 aromatic heterocycles. The number of rotatable bonds is 23. The Labute approximate surface area is 207 Å². The lowest BCUT2D eigenvalue weighted by atomic mass is 10.1. The van der Waals surface area contributed by atoms with E-state index in [0.29, 0.717) is 13.0 Å². The third kappa shape index (κ3) is 14.2. The molecule has 0 saturated heterocycles. The summed E-state index contributed by atoms with van der Waals surface area (Å²) in [6, 6.07) is 0. The van der Waals surface area contributed by atoms with Crippen molar-refractivity contribution in [2.75, 3.05) is 38.1 Å². The zero-order valence-corrected chi connectivity index (χ0v) is 21.5. The number of hydrogen-bond donors (Lipinski definition) is 4. The van der Waals surface area contributed by atoms with Crippen molar-refractivity contribution in [3.8, 4) is 0 Å². The van der Waals surface area contributed by atoms with Gasteiger partial charge in [-0.15, -0.1) is 0 Å². The minimum atomic E-state index is 0.313. The molecule has 0 aliphatic carbocycles. The van der Waals surface area contributed by atoms with E-state index in [9.17, 15) is 4.79 Å². The van der Waals surface area contributed by atoms with E-state index >= 15 is 0 Å². The van der Waals surface area contributed by atoms with Crippen molar-refractivity contribution < 1.29 is 9.90 Å². The maximum absolute atomic E-state index is 10.4. The van der Waals surface area contributed by atoms with Crippen molar-refractivity contribution in [2.24, 2.45) is 5.73 Å². The van der Waals surface area contributed by atoms with Gasteiger partial charge in [-0.25, -0.2) is 0 Å². The fourth-order valence-electron chi connectivity index (χ4n) is 4.12. The van der Waals surface area contributed by atoms with Gasteiger partial charge < -0.3 is 25.9 Å². The molecule has 0 unspecified atom stereocenters. The van der Waals surface area contributed by atoms with Crippen LogP contribution in [0.5, 0.6) is 0 Å². The molecule has 0 aliphatic heterocycles. The average Bonchev–Trinajstić information content (AvgIpc) is 3.20. The smallest absolute Gasteiger partial charge is 0.155 e. The van der Waals surface area contributed by atoms with Gasteiger partial charge in [-0.1, -0.05) is 51.5 Å². The Bertz CT molecular complexity index is 683. The van der Waals surface area contributed by atoms with Crippen LogP contribution in [0.25, 0.3) is 12.2 Å². The summed E-state index contributed by atoms with van der Waals surface area (Å²) in [4.78, 5) is 13.0. The molecule has 1 heterocycles. The molecule has 0 bridgehead atoms. The van der Waals surface area contributed by atoms with E-state index in [-0.39, 0.29) is 0 Å². The number of aromatic nitrogens is 2. The summed E-state index contributed by atoms with van der Waals surface area (Å²) in [5.74, 6) is 0.824. The normalized spacial score (nSPS) is 11.8. The zero-order chi connectivity index (χ0) is 24.9. The molecule has 1 aromatic rings. The molecule has 7 heteroatoms. The molecule has 7 nitrogen and oxygen atoms in total. The van der Waals surface area contributed by atoms with Gasteiger partial charge in [0.15, 0.2) is 5.82 Å². The molecular weight excluding hydrogens is 426 g/mol. The third-order valence-electron chi connectivity index (χ3n) is 6.03. The van der Waals surface area contributed by atoms with E-state index in [0.717, 1.165) is 87.3 Å². The summed E-state index contributed by atoms with van der Waals surface area (Å²) in [7, 11) is 0. The van der Waals surface area contributed by atoms with Crippen LogP contribution >= 0.6 is 0 Å². The first-order chi connectivity index (χ1) is 16.6. The van der Waals surface area contributed by atoms with E-state index in [1.165, 1.54) is 44.9 Å². The van der Waals surface area contributed by atoms with E-state index in [1.807, 2.05) is 13.0 Å². The van der Waals surface area contributed by atoms with Crippen molar-refractivity contribution in [2.45, 2.75) is 90.4 Å². The first kappa shape index (κ1) is 29.9. The molecule has 0 aliphatic rings. The molecule has 0 aromatic carbocycles. The topological polar surface area (TPSA) is 107 Å². The number of hydrogen-bond acceptors (Lipinski definition) is 6. The number of aromatic amines is 1. The molecule has 34 heavy (non-hydrogen) atoms. The average molecular weight is 476 g/mol. The second kappa shape index (κ2) is 20.3. The monoisotopic (exact) mass is 475 g/mol. The van der Waals surface area contributed by atoms with Gasteiger partial charge in [-0.2, -0.15) is 5.10 Å². The van der Waals surface area contributed by atoms with E-state index < -0.39 is 0 Å². The Hall–Kier alpha value is -2.12. The fourth-order valence-corrected chi connectivity index (χ4v) is 4.12. The van der Waals surface area contributed by atoms with E-state index in [4.69, 9.17) is 10.8 Å². The Morgan fingerprint density at radius 1 is 1.00 bits per heavy atom. The standard InChI is InChI=1S/C27H49N5O2/c1-3-26-25(23-24(2)28)27(31-30-26)29-17-16-20-32(18-12-8-4-6-10-14-21-33)19-13-9-5-7-11-15-22-34/h3,21,23,34H,1,4-20,22,28H2,2H3,(H2,29,30,31)/b24-23+. The molecular formula is C27H49N5O2. The maximum atomic E-state index is 10.4. The van der Waals surface area contributed by atoms with Crippen LogP contribution in [0.1, 0.15) is 102 Å². The van der Waals surface area contributed by atoms with Gasteiger partial charge in [0.1, 0.15) is 6.29 Å². The van der Waals surface area contributed by atoms with Gasteiger partial charge in [0.2, 0.25) is 0 Å². The summed E-state index contributed by atoms with van der Waals surface area (Å²) in [5, 5.41) is 19.7. The quantitative estimate of drug-likeness (QED) is 0.126. The van der Waals surface area contributed by atoms with Crippen LogP contribution in [0.4, 0.5) is 5.82 Å². The highest BCUT2D eigenvalue weighted by atomic mass is 16.2. The number of aldehydes is 1. The Balaban J connectivity index is 2.41. The van der Waals surface area contributed by atoms with Crippen LogP contribution in [-0.4, -0.2) is 59.3 Å². The number of anilines is 1. The lowest BCUT2D eigenvalue weighted by molar-refractivity contribution is -0.107. The van der Waals surface area contributed by atoms with Crippen molar-refractivity contribution in [1.29, 1.82) is 0 Å². The number of unbranched alkanes of at least 4 members (excludes halogenated alkanes) is 10. The highest BCUT2D eigenvalue weighted by Crippen LogP contribution is 2.20. The van der Waals surface area contributed by atoms with Crippen LogP contribution in [0, 0.1) is 0 Å². The third-order valence-corrected chi connectivity index (χ3v) is 6.03. The fraction of sp³-hybridized carbons (Fsp3) is 0.704. The zero-order valence-electron chi connectivity index (χ0n) is 21.5. The van der Waals surface area contributed by atoms with E-state index in [1.54, 1.807) is 6.08 Å². The number of nitrogens with one attached hydrogen (secondary N) is 2. The number of carbonyl (C=O) groups is 1. The first-order valence-electron chi connectivity index (χ1n) is 13.3. The minimum absolute atomic E-state index is 0.313. The summed E-state index contributed by atoms with van der Waals surface area (Å²) in [6.07, 6.45) is 19.4. The summed E-state index contributed by atoms with van der Waals surface area (Å²) < 4.78 is 0. The number of carbonyl (C=O) groups excluding carboxylic acids is 1. The molecule has 0 spiro atoms. The second-order valence-electron chi connectivity index (χ2n) is 9.18. The van der Waals surface area contributed by atoms with Gasteiger partial charge in [0.25, 0.3) is 0 Å². The number of nitrogens with two attached hydrogens (primary N) is 1. The molecule has 1 rings (SSSR count). The largest absolute Gasteiger partial charge is 0.402 e. The molecule has 0 atom stereocenters. The molecule has 194 valence electrons. The van der Waals surface area contributed by atoms with E-state index in [2.05, 4.69) is 27.0 Å². The highest BCUT2D eigenvalue weighted by Gasteiger charge is 2.10. The predicted molar refractivity (Wildman–Crippen MR) is 145 cm³/mol. The summed E-state index contributed by atoms with van der Waals surface area (Å²) in [6.45, 7) is 10.2. The maximum Gasteiger partial charge on any atom is 0.155 e. The van der Waals surface area contributed by atoms with Crippen molar-refractivity contribution in [3.05, 3.63) is 23.5 Å². The summed E-state index contributed by atoms with van der Waals surface area (Å²) in [5.41, 5.74) is 8.45. The van der Waals surface area contributed by atoms with Crippen LogP contribution in [0.15, 0.2) is 12.3 Å². The van der Waals surface area contributed by atoms with Crippen molar-refractivity contribution in [3.63, 3.8) is 0 Å². The molecule has 5 N–H and O–H groups in total. The number of aliphatic hydroxyl groups is 1. The SMILES string of the molecule is C=Cc1[nH]nc(NCCCN(CCCCCCCC=O)CCCCCCCCO)c1/C=C(\C)N. The number of H-pyrrole nitrogens is 1. The van der Waals surface area contributed by atoms with Crippen molar-refractivity contribution in [1.82, 2.24) is 15.1 Å². The second-order valence-corrected chi connectivity index (χ2v) is 9.18. The van der Waals surface area contributed by atoms with Gasteiger partial charge >= 0.3 is 0 Å². The molecule has 0 radical (unpaired) electrons. The van der Waals surface area contributed by atoms with Crippen LogP contribution in [0.3, 0.4) is 0 Å². The molecule has 0 saturated carbocycles. The molecule has 0 fully saturated rings. The number of aliphatic hydroxyl groups excluding tert-OH is 1. The number of nitrogens with zero attached hydrogens (tertiary/aromatic N) is 2. The van der Waals surface area contributed by atoms with Gasteiger partial charge in [-0.3, -0.25) is 5.10 Å². The lowest BCUT2D eigenvalue weighted by Crippen LogP contribution is -2.28. The van der Waals surface area contributed by atoms with Crippen molar-refractivity contribution >= 4 is 24.3 Å². The van der Waals surface area contributed by atoms with Gasteiger partial charge in [0, 0.05) is 30.8 Å². The van der Waals surface area contributed by atoms with Crippen LogP contribution in [0.2, 0.25) is 0 Å². The van der Waals surface area contributed by atoms with Gasteiger partial charge in [-0.05, 0) is 70.8 Å². The summed E-state index contributed by atoms with van der Waals surface area (Å²) >= 11 is 0. The lowest BCUT2D eigenvalue weighted by Gasteiger charge is -2.22. The Morgan fingerprint density at radius 3 is 2.18 bits per heavy atom.